The molecule has 0 amide bonds. The quantitative estimate of drug-likeness (QED) is 0.801. The number of nitrogen functional groups attached to an aromatic ring is 1. The number of hydrogen-bond donors (Lipinski definition) is 1. The van der Waals surface area contributed by atoms with E-state index in [2.05, 4.69) is 17.0 Å². The van der Waals surface area contributed by atoms with Gasteiger partial charge in [0, 0.05) is 17.1 Å². The zero-order valence-electron chi connectivity index (χ0n) is 11.8. The number of anilines is 1. The summed E-state index contributed by atoms with van der Waals surface area (Å²) in [4.78, 5) is 4.46. The van der Waals surface area contributed by atoms with Crippen molar-refractivity contribution in [2.24, 2.45) is 7.05 Å². The van der Waals surface area contributed by atoms with Gasteiger partial charge in [-0.15, -0.1) is 0 Å². The molecule has 0 fully saturated rings. The molecule has 0 aliphatic carbocycles. The van der Waals surface area contributed by atoms with Crippen LogP contribution in [0.1, 0.15) is 19.0 Å². The monoisotopic (exact) mass is 323 g/mol. The normalized spacial score (nSPS) is 11.4. The van der Waals surface area contributed by atoms with Gasteiger partial charge in [-0.3, -0.25) is 4.57 Å². The minimum Gasteiger partial charge on any atom is -0.369 e. The maximum atomic E-state index is 6.09. The number of hydrogen-bond acceptors (Lipinski definition) is 3. The van der Waals surface area contributed by atoms with Gasteiger partial charge >= 0.3 is 0 Å². The Morgan fingerprint density at radius 2 is 1.86 bits per heavy atom. The van der Waals surface area contributed by atoms with Gasteiger partial charge in [0.15, 0.2) is 5.65 Å². The molecule has 0 bridgehead atoms. The third-order valence-corrected chi connectivity index (χ3v) is 3.76. The van der Waals surface area contributed by atoms with Crippen LogP contribution in [0, 0.1) is 0 Å². The molecule has 110 valence electrons. The average molecular weight is 324 g/mol. The Balaban J connectivity index is 2.29. The lowest BCUT2D eigenvalue weighted by Crippen LogP contribution is -2.05. The zero-order valence-corrected chi connectivity index (χ0v) is 13.3. The molecule has 7 heteroatoms. The fourth-order valence-electron chi connectivity index (χ4n) is 2.52. The first-order chi connectivity index (χ1) is 10.0. The highest BCUT2D eigenvalue weighted by molar-refractivity contribution is 6.34. The number of benzene rings is 1. The van der Waals surface area contributed by atoms with Crippen molar-refractivity contribution in [3.05, 3.63) is 33.9 Å². The van der Waals surface area contributed by atoms with E-state index in [1.54, 1.807) is 22.9 Å². The lowest BCUT2D eigenvalue weighted by Gasteiger charge is -2.08. The number of rotatable bonds is 3. The fraction of sp³-hybridized carbons (Fsp3) is 0.286. The molecule has 0 aliphatic heterocycles. The number of aryl methyl sites for hydroxylation is 2. The summed E-state index contributed by atoms with van der Waals surface area (Å²) in [5.74, 6) is 0.397. The molecule has 2 aromatic heterocycles. The van der Waals surface area contributed by atoms with Crippen LogP contribution in [-0.4, -0.2) is 19.3 Å². The molecule has 0 aliphatic rings. The van der Waals surface area contributed by atoms with E-state index in [0.29, 0.717) is 16.0 Å². The smallest absolute Gasteiger partial charge is 0.207 e. The van der Waals surface area contributed by atoms with Crippen molar-refractivity contribution in [1.29, 1.82) is 0 Å². The summed E-state index contributed by atoms with van der Waals surface area (Å²) in [5.41, 5.74) is 9.49. The maximum absolute atomic E-state index is 6.09. The van der Waals surface area contributed by atoms with Gasteiger partial charge in [0.05, 0.1) is 11.4 Å². The van der Waals surface area contributed by atoms with E-state index in [9.17, 15) is 0 Å². The summed E-state index contributed by atoms with van der Waals surface area (Å²) in [5, 5.41) is 5.62. The average Bonchev–Trinajstić information content (AvgIpc) is 2.87. The van der Waals surface area contributed by atoms with Crippen LogP contribution in [0.25, 0.3) is 16.9 Å². The first-order valence-corrected chi connectivity index (χ1v) is 7.43. The molecular formula is C14H15Cl2N5. The summed E-state index contributed by atoms with van der Waals surface area (Å²) in [6.45, 7) is 2.11. The van der Waals surface area contributed by atoms with Crippen molar-refractivity contribution in [3.63, 3.8) is 0 Å². The van der Waals surface area contributed by atoms with Gasteiger partial charge in [0.1, 0.15) is 5.52 Å². The van der Waals surface area contributed by atoms with Gasteiger partial charge in [0.25, 0.3) is 0 Å². The van der Waals surface area contributed by atoms with Crippen molar-refractivity contribution < 1.29 is 0 Å². The molecule has 0 unspecified atom stereocenters. The third-order valence-electron chi connectivity index (χ3n) is 3.32. The summed E-state index contributed by atoms with van der Waals surface area (Å²) >= 11 is 12.2. The van der Waals surface area contributed by atoms with Crippen LogP contribution in [-0.2, 0) is 13.5 Å². The van der Waals surface area contributed by atoms with Gasteiger partial charge in [0.2, 0.25) is 5.95 Å². The van der Waals surface area contributed by atoms with Crippen LogP contribution in [0.3, 0.4) is 0 Å². The standard InChI is InChI=1S/C14H15Cl2N5/c1-3-4-11-12-13(20(2)19-11)21(14(17)18-12)10-6-8(15)5-9(16)7-10/h5-7H,3-4H2,1-2H3,(H2,17,18). The molecule has 0 radical (unpaired) electrons. The SMILES string of the molecule is CCCc1nn(C)c2c1nc(N)n2-c1cc(Cl)cc(Cl)c1. The Labute approximate surface area is 132 Å². The topological polar surface area (TPSA) is 61.7 Å². The second-order valence-corrected chi connectivity index (χ2v) is 5.80. The lowest BCUT2D eigenvalue weighted by atomic mass is 10.2. The van der Waals surface area contributed by atoms with Gasteiger partial charge in [-0.1, -0.05) is 36.5 Å². The molecule has 0 saturated heterocycles. The Bertz CT molecular complexity index is 798. The van der Waals surface area contributed by atoms with E-state index >= 15 is 0 Å². The predicted octanol–water partition coefficient (Wildman–Crippen LogP) is 3.60. The van der Waals surface area contributed by atoms with Crippen LogP contribution in [0.4, 0.5) is 5.95 Å². The lowest BCUT2D eigenvalue weighted by molar-refractivity contribution is 0.738. The number of nitrogens with zero attached hydrogens (tertiary/aromatic N) is 4. The molecule has 3 aromatic rings. The van der Waals surface area contributed by atoms with E-state index in [1.807, 2.05) is 11.6 Å². The van der Waals surface area contributed by atoms with Gasteiger partial charge in [-0.2, -0.15) is 5.10 Å². The van der Waals surface area contributed by atoms with Crippen LogP contribution in [0.2, 0.25) is 10.0 Å². The Morgan fingerprint density at radius 3 is 2.48 bits per heavy atom. The number of imidazole rings is 1. The molecule has 0 saturated carbocycles. The van der Waals surface area contributed by atoms with E-state index in [1.165, 1.54) is 0 Å². The minimum absolute atomic E-state index is 0.397. The van der Waals surface area contributed by atoms with E-state index < -0.39 is 0 Å². The first kappa shape index (κ1) is 14.2. The second kappa shape index (κ2) is 5.24. The minimum atomic E-state index is 0.397. The van der Waals surface area contributed by atoms with Crippen molar-refractivity contribution >= 4 is 40.3 Å². The largest absolute Gasteiger partial charge is 0.369 e. The summed E-state index contributed by atoms with van der Waals surface area (Å²) in [6.07, 6.45) is 1.87. The summed E-state index contributed by atoms with van der Waals surface area (Å²) in [7, 11) is 1.88. The molecule has 3 rings (SSSR count). The van der Waals surface area contributed by atoms with Gasteiger partial charge < -0.3 is 5.73 Å². The van der Waals surface area contributed by atoms with Gasteiger partial charge in [-0.05, 0) is 24.6 Å². The van der Waals surface area contributed by atoms with Crippen molar-refractivity contribution in [1.82, 2.24) is 19.3 Å². The van der Waals surface area contributed by atoms with Crippen LogP contribution in [0.15, 0.2) is 18.2 Å². The molecule has 2 heterocycles. The Morgan fingerprint density at radius 1 is 1.19 bits per heavy atom. The van der Waals surface area contributed by atoms with Crippen LogP contribution in [0.5, 0.6) is 0 Å². The molecule has 21 heavy (non-hydrogen) atoms. The second-order valence-electron chi connectivity index (χ2n) is 4.93. The number of halogens is 2. The molecule has 5 nitrogen and oxygen atoms in total. The van der Waals surface area contributed by atoms with Crippen molar-refractivity contribution in [2.45, 2.75) is 19.8 Å². The highest BCUT2D eigenvalue weighted by Gasteiger charge is 2.19. The Hall–Kier alpha value is -1.72. The molecular weight excluding hydrogens is 309 g/mol. The van der Waals surface area contributed by atoms with Crippen LogP contribution >= 0.6 is 23.2 Å². The zero-order chi connectivity index (χ0) is 15.1. The first-order valence-electron chi connectivity index (χ1n) is 6.67. The fourth-order valence-corrected chi connectivity index (χ4v) is 3.04. The molecule has 2 N–H and O–H groups in total. The predicted molar refractivity (Wildman–Crippen MR) is 86.3 cm³/mol. The maximum Gasteiger partial charge on any atom is 0.207 e. The third kappa shape index (κ3) is 2.36. The summed E-state index contributed by atoms with van der Waals surface area (Å²) in [6, 6.07) is 5.29. The van der Waals surface area contributed by atoms with Crippen LogP contribution < -0.4 is 5.73 Å². The number of fused-ring (bicyclic) bond motifs is 1. The molecule has 0 spiro atoms. The number of nitrogens with two attached hydrogens (primary N) is 1. The molecule has 0 atom stereocenters. The van der Waals surface area contributed by atoms with E-state index in [4.69, 9.17) is 28.9 Å². The van der Waals surface area contributed by atoms with E-state index in [0.717, 1.165) is 35.4 Å². The van der Waals surface area contributed by atoms with Gasteiger partial charge in [-0.25, -0.2) is 9.67 Å². The molecule has 1 aromatic carbocycles. The number of aromatic nitrogens is 4. The van der Waals surface area contributed by atoms with Crippen molar-refractivity contribution in [2.75, 3.05) is 5.73 Å². The summed E-state index contributed by atoms with van der Waals surface area (Å²) < 4.78 is 3.61. The van der Waals surface area contributed by atoms with Crippen molar-refractivity contribution in [3.8, 4) is 5.69 Å². The highest BCUT2D eigenvalue weighted by atomic mass is 35.5. The highest BCUT2D eigenvalue weighted by Crippen LogP contribution is 2.29. The Kier molecular flexibility index (Phi) is 3.55. The van der Waals surface area contributed by atoms with E-state index in [-0.39, 0.29) is 0 Å².